The number of carboxylic acid groups (broad SMARTS) is 2. The van der Waals surface area contributed by atoms with Crippen molar-refractivity contribution >= 4 is 29.7 Å². The van der Waals surface area contributed by atoms with E-state index in [9.17, 15) is 29.1 Å². The van der Waals surface area contributed by atoms with Crippen LogP contribution < -0.4 is 21.7 Å². The van der Waals surface area contributed by atoms with E-state index in [1.165, 1.54) is 0 Å². The quantitative estimate of drug-likeness (QED) is 0.213. The van der Waals surface area contributed by atoms with Gasteiger partial charge in [-0.15, -0.1) is 0 Å². The molecule has 0 radical (unpaired) electrons. The minimum atomic E-state index is -1.45. The van der Waals surface area contributed by atoms with Gasteiger partial charge in [0, 0.05) is 12.8 Å². The topological polar surface area (TPSA) is 188 Å². The molecule has 3 amide bonds. The van der Waals surface area contributed by atoms with Gasteiger partial charge >= 0.3 is 11.9 Å². The van der Waals surface area contributed by atoms with Crippen LogP contribution in [-0.4, -0.2) is 64.0 Å². The first-order valence-corrected chi connectivity index (χ1v) is 11.5. The van der Waals surface area contributed by atoms with Crippen molar-refractivity contribution in [3.05, 3.63) is 35.9 Å². The summed E-state index contributed by atoms with van der Waals surface area (Å²) < 4.78 is 0. The average Bonchev–Trinajstić information content (AvgIpc) is 2.78. The first-order valence-electron chi connectivity index (χ1n) is 11.5. The number of hydrogen-bond acceptors (Lipinski definition) is 6. The molecular formula is C24H36N4O7. The summed E-state index contributed by atoms with van der Waals surface area (Å²) in [5.41, 5.74) is 6.59. The van der Waals surface area contributed by atoms with Gasteiger partial charge in [-0.2, -0.15) is 0 Å². The minimum Gasteiger partial charge on any atom is -0.481 e. The lowest BCUT2D eigenvalue weighted by Gasteiger charge is -2.27. The molecule has 1 rings (SSSR count). The molecular weight excluding hydrogens is 456 g/mol. The number of rotatable bonds is 14. The highest BCUT2D eigenvalue weighted by molar-refractivity contribution is 5.94. The third-order valence-electron chi connectivity index (χ3n) is 5.44. The average molecular weight is 493 g/mol. The van der Waals surface area contributed by atoms with Gasteiger partial charge < -0.3 is 31.9 Å². The molecule has 0 bridgehead atoms. The molecule has 0 aliphatic carbocycles. The summed E-state index contributed by atoms with van der Waals surface area (Å²) in [6.07, 6.45) is -0.724. The minimum absolute atomic E-state index is 0.0496. The van der Waals surface area contributed by atoms with Gasteiger partial charge in [0.2, 0.25) is 17.7 Å². The van der Waals surface area contributed by atoms with Crippen LogP contribution in [-0.2, 0) is 30.4 Å². The number of nitrogens with one attached hydrogen (secondary N) is 3. The van der Waals surface area contributed by atoms with Gasteiger partial charge in [-0.1, -0.05) is 58.0 Å². The zero-order valence-electron chi connectivity index (χ0n) is 20.5. The number of benzene rings is 1. The Kier molecular flexibility index (Phi) is 11.9. The second-order valence-electron chi connectivity index (χ2n) is 9.08. The first-order chi connectivity index (χ1) is 16.3. The number of hydrogen-bond donors (Lipinski definition) is 6. The first kappa shape index (κ1) is 29.6. The van der Waals surface area contributed by atoms with E-state index in [0.29, 0.717) is 5.56 Å². The molecule has 0 aromatic heterocycles. The van der Waals surface area contributed by atoms with Gasteiger partial charge in [0.05, 0.1) is 6.04 Å². The highest BCUT2D eigenvalue weighted by atomic mass is 16.4. The number of carbonyl (C=O) groups is 5. The molecule has 0 heterocycles. The lowest BCUT2D eigenvalue weighted by atomic mass is 9.99. The fourth-order valence-electron chi connectivity index (χ4n) is 3.21. The Morgan fingerprint density at radius 1 is 0.800 bits per heavy atom. The second kappa shape index (κ2) is 14.1. The largest absolute Gasteiger partial charge is 0.481 e. The van der Waals surface area contributed by atoms with Crippen molar-refractivity contribution in [1.29, 1.82) is 0 Å². The molecule has 1 aromatic rings. The van der Waals surface area contributed by atoms with Crippen LogP contribution >= 0.6 is 0 Å². The Balaban J connectivity index is 3.10. The fraction of sp³-hybridized carbons (Fsp3) is 0.542. The van der Waals surface area contributed by atoms with E-state index in [0.717, 1.165) is 0 Å². The Bertz CT molecular complexity index is 889. The highest BCUT2D eigenvalue weighted by Crippen LogP contribution is 2.09. The molecule has 35 heavy (non-hydrogen) atoms. The molecule has 11 nitrogen and oxygen atoms in total. The van der Waals surface area contributed by atoms with Crippen molar-refractivity contribution < 1.29 is 34.2 Å². The maximum atomic E-state index is 13.1. The van der Waals surface area contributed by atoms with Gasteiger partial charge in [0.25, 0.3) is 0 Å². The van der Waals surface area contributed by atoms with E-state index in [1.54, 1.807) is 58.0 Å². The van der Waals surface area contributed by atoms with Gasteiger partial charge in [-0.3, -0.25) is 19.2 Å². The number of amides is 3. The van der Waals surface area contributed by atoms with E-state index < -0.39 is 60.2 Å². The molecule has 0 spiro atoms. The van der Waals surface area contributed by atoms with Gasteiger partial charge in [0.15, 0.2) is 0 Å². The lowest BCUT2D eigenvalue weighted by Crippen LogP contribution is -2.59. The summed E-state index contributed by atoms with van der Waals surface area (Å²) in [4.78, 5) is 61.0. The maximum Gasteiger partial charge on any atom is 0.326 e. The fourth-order valence-corrected chi connectivity index (χ4v) is 3.21. The predicted octanol–water partition coefficient (Wildman–Crippen LogP) is 0.272. The number of nitrogens with two attached hydrogens (primary N) is 1. The van der Waals surface area contributed by atoms with Crippen LogP contribution in [0, 0.1) is 11.8 Å². The summed E-state index contributed by atoms with van der Waals surface area (Å²) in [5, 5.41) is 25.8. The highest BCUT2D eigenvalue weighted by Gasteiger charge is 2.32. The standard InChI is InChI=1S/C24H36N4O7/c1-13(2)19(25)22(32)28-20(14(3)4)23(33)27-17(12-15-8-6-5-7-9-15)21(31)26-16(24(34)35)10-11-18(29)30/h5-9,13-14,16-17,19-20H,10-12,25H2,1-4H3,(H,26,31)(H,27,33)(H,28,32)(H,29,30)(H,34,35). The van der Waals surface area contributed by atoms with Crippen LogP contribution in [0.15, 0.2) is 30.3 Å². The molecule has 194 valence electrons. The molecule has 0 fully saturated rings. The van der Waals surface area contributed by atoms with E-state index in [1.807, 2.05) is 0 Å². The van der Waals surface area contributed by atoms with Gasteiger partial charge in [-0.05, 0) is 23.8 Å². The van der Waals surface area contributed by atoms with Crippen LogP contribution in [0.1, 0.15) is 46.1 Å². The van der Waals surface area contributed by atoms with E-state index >= 15 is 0 Å². The van der Waals surface area contributed by atoms with E-state index in [2.05, 4.69) is 16.0 Å². The zero-order valence-corrected chi connectivity index (χ0v) is 20.5. The van der Waals surface area contributed by atoms with Crippen molar-refractivity contribution in [2.75, 3.05) is 0 Å². The van der Waals surface area contributed by atoms with Crippen LogP contribution in [0.25, 0.3) is 0 Å². The van der Waals surface area contributed by atoms with Gasteiger partial charge in [0.1, 0.15) is 18.1 Å². The second-order valence-corrected chi connectivity index (χ2v) is 9.08. The summed E-state index contributed by atoms with van der Waals surface area (Å²) >= 11 is 0. The third-order valence-corrected chi connectivity index (χ3v) is 5.44. The van der Waals surface area contributed by atoms with E-state index in [-0.39, 0.29) is 24.7 Å². The Hall–Kier alpha value is -3.47. The molecule has 4 unspecified atom stereocenters. The number of carboxylic acids is 2. The molecule has 0 saturated carbocycles. The maximum absolute atomic E-state index is 13.1. The van der Waals surface area contributed by atoms with Crippen LogP contribution in [0.3, 0.4) is 0 Å². The lowest BCUT2D eigenvalue weighted by molar-refractivity contribution is -0.143. The van der Waals surface area contributed by atoms with Gasteiger partial charge in [-0.25, -0.2) is 4.79 Å². The summed E-state index contributed by atoms with van der Waals surface area (Å²) in [5.74, 6) is -4.99. The summed E-state index contributed by atoms with van der Waals surface area (Å²) in [6.45, 7) is 7.00. The number of carbonyl (C=O) groups excluding carboxylic acids is 3. The Morgan fingerprint density at radius 3 is 1.86 bits per heavy atom. The van der Waals surface area contributed by atoms with Crippen molar-refractivity contribution in [2.24, 2.45) is 17.6 Å². The SMILES string of the molecule is CC(C)C(N)C(=O)NC(C(=O)NC(Cc1ccccc1)C(=O)NC(CCC(=O)O)C(=O)O)C(C)C. The molecule has 1 aromatic carbocycles. The van der Waals surface area contributed by atoms with E-state index in [4.69, 9.17) is 10.8 Å². The molecule has 7 N–H and O–H groups in total. The van der Waals surface area contributed by atoms with Crippen molar-refractivity contribution in [2.45, 2.75) is 71.1 Å². The predicted molar refractivity (Wildman–Crippen MR) is 128 cm³/mol. The zero-order chi connectivity index (χ0) is 26.7. The summed E-state index contributed by atoms with van der Waals surface area (Å²) in [7, 11) is 0. The van der Waals surface area contributed by atoms with Crippen LogP contribution in [0.2, 0.25) is 0 Å². The molecule has 4 atom stereocenters. The normalized spacial score (nSPS) is 14.5. The number of aliphatic carboxylic acids is 2. The molecule has 11 heteroatoms. The smallest absolute Gasteiger partial charge is 0.326 e. The van der Waals surface area contributed by atoms with Crippen LogP contribution in [0.4, 0.5) is 0 Å². The van der Waals surface area contributed by atoms with Crippen molar-refractivity contribution in [3.8, 4) is 0 Å². The van der Waals surface area contributed by atoms with Crippen LogP contribution in [0.5, 0.6) is 0 Å². The van der Waals surface area contributed by atoms with Crippen molar-refractivity contribution in [1.82, 2.24) is 16.0 Å². The summed E-state index contributed by atoms with van der Waals surface area (Å²) in [6, 6.07) is 4.35. The molecule has 0 aliphatic rings. The molecule has 0 aliphatic heterocycles. The monoisotopic (exact) mass is 492 g/mol. The van der Waals surface area contributed by atoms with Crippen molar-refractivity contribution in [3.63, 3.8) is 0 Å². The third kappa shape index (κ3) is 10.1. The Morgan fingerprint density at radius 2 is 1.37 bits per heavy atom. The molecule has 0 saturated heterocycles. The Labute approximate surface area is 204 Å².